The van der Waals surface area contributed by atoms with E-state index in [1.165, 1.54) is 82.8 Å². The number of halogens is 1. The molecule has 1 rings (SSSR count). The molecule has 0 radical (unpaired) electrons. The van der Waals surface area contributed by atoms with Gasteiger partial charge in [-0.05, 0) is 52.9 Å². The van der Waals surface area contributed by atoms with Crippen molar-refractivity contribution in [3.8, 4) is 0 Å². The van der Waals surface area contributed by atoms with Crippen LogP contribution in [0.25, 0.3) is 0 Å². The summed E-state index contributed by atoms with van der Waals surface area (Å²) in [5.41, 5.74) is 0. The first-order valence-corrected chi connectivity index (χ1v) is 9.31. The van der Waals surface area contributed by atoms with E-state index in [-0.39, 0.29) is 0 Å². The van der Waals surface area contributed by atoms with Gasteiger partial charge in [0.05, 0.1) is 0 Å². The molecule has 0 N–H and O–H groups in total. The lowest BCUT2D eigenvalue weighted by atomic mass is 10.0. The normalized spacial score (nSPS) is 21.2. The van der Waals surface area contributed by atoms with E-state index in [9.17, 15) is 0 Å². The van der Waals surface area contributed by atoms with Gasteiger partial charge in [0.1, 0.15) is 0 Å². The van der Waals surface area contributed by atoms with Crippen LogP contribution in [0.2, 0.25) is 0 Å². The Kier molecular flexibility index (Phi) is 10.2. The predicted molar refractivity (Wildman–Crippen MR) is 89.3 cm³/mol. The fraction of sp³-hybridized carbons (Fsp3) is 1.00. The Morgan fingerprint density at radius 2 is 1.63 bits per heavy atom. The van der Waals surface area contributed by atoms with Crippen LogP contribution in [0.4, 0.5) is 0 Å². The van der Waals surface area contributed by atoms with Crippen molar-refractivity contribution in [2.24, 2.45) is 0 Å². The lowest BCUT2D eigenvalue weighted by Gasteiger charge is -2.36. The van der Waals surface area contributed by atoms with E-state index in [0.717, 1.165) is 6.04 Å². The molecule has 3 heteroatoms. The Morgan fingerprint density at radius 3 is 2.26 bits per heavy atom. The molecule has 0 aromatic carbocycles. The molecule has 19 heavy (non-hydrogen) atoms. The third kappa shape index (κ3) is 8.31. The Labute approximate surface area is 129 Å². The van der Waals surface area contributed by atoms with E-state index >= 15 is 0 Å². The minimum Gasteiger partial charge on any atom is -0.305 e. The van der Waals surface area contributed by atoms with Gasteiger partial charge in [0.15, 0.2) is 0 Å². The summed E-state index contributed by atoms with van der Waals surface area (Å²) in [7, 11) is 4.45. The number of rotatable bonds is 10. The lowest BCUT2D eigenvalue weighted by Crippen LogP contribution is -2.45. The first-order chi connectivity index (χ1) is 9.24. The fourth-order valence-corrected chi connectivity index (χ4v) is 3.37. The van der Waals surface area contributed by atoms with Crippen LogP contribution in [-0.2, 0) is 0 Å². The summed E-state index contributed by atoms with van der Waals surface area (Å²) in [6.07, 6.45) is 12.7. The molecule has 0 bridgehead atoms. The SMILES string of the molecule is CN(C)C1CCCN(CCCCCCCCCBr)C1. The van der Waals surface area contributed by atoms with Gasteiger partial charge >= 0.3 is 0 Å². The summed E-state index contributed by atoms with van der Waals surface area (Å²) in [5.74, 6) is 0. The monoisotopic (exact) mass is 332 g/mol. The third-order valence-electron chi connectivity index (χ3n) is 4.32. The average molecular weight is 333 g/mol. The predicted octanol–water partition coefficient (Wildman–Crippen LogP) is 4.14. The molecule has 1 fully saturated rings. The highest BCUT2D eigenvalue weighted by Crippen LogP contribution is 2.15. The van der Waals surface area contributed by atoms with E-state index in [1.807, 2.05) is 0 Å². The minimum atomic E-state index is 0.790. The molecule has 0 aromatic heterocycles. The molecule has 0 aromatic rings. The van der Waals surface area contributed by atoms with Crippen LogP contribution in [0.3, 0.4) is 0 Å². The highest BCUT2D eigenvalue weighted by molar-refractivity contribution is 9.09. The van der Waals surface area contributed by atoms with Crippen molar-refractivity contribution in [2.45, 2.75) is 63.8 Å². The molecule has 1 saturated heterocycles. The third-order valence-corrected chi connectivity index (χ3v) is 4.88. The Morgan fingerprint density at radius 1 is 1.00 bits per heavy atom. The fourth-order valence-electron chi connectivity index (χ4n) is 2.97. The zero-order chi connectivity index (χ0) is 13.9. The zero-order valence-electron chi connectivity index (χ0n) is 13.0. The van der Waals surface area contributed by atoms with Gasteiger partial charge in [-0.2, -0.15) is 0 Å². The van der Waals surface area contributed by atoms with E-state index in [0.29, 0.717) is 0 Å². The minimum absolute atomic E-state index is 0.790. The maximum absolute atomic E-state index is 3.49. The standard InChI is InChI=1S/C16H33BrN2/c1-18(2)16-11-10-14-19(15-16)13-9-7-5-3-4-6-8-12-17/h16H,3-15H2,1-2H3. The number of likely N-dealkylation sites (N-methyl/N-ethyl adjacent to an activating group) is 1. The molecule has 1 heterocycles. The molecule has 0 spiro atoms. The molecule has 1 atom stereocenters. The van der Waals surface area contributed by atoms with Crippen LogP contribution in [0.5, 0.6) is 0 Å². The van der Waals surface area contributed by atoms with Gasteiger partial charge < -0.3 is 9.80 Å². The Balaban J connectivity index is 1.94. The van der Waals surface area contributed by atoms with Crippen molar-refractivity contribution < 1.29 is 0 Å². The van der Waals surface area contributed by atoms with Crippen LogP contribution in [0.15, 0.2) is 0 Å². The van der Waals surface area contributed by atoms with E-state index in [2.05, 4.69) is 39.8 Å². The van der Waals surface area contributed by atoms with Crippen LogP contribution in [0.1, 0.15) is 57.8 Å². The van der Waals surface area contributed by atoms with Crippen LogP contribution in [-0.4, -0.2) is 54.9 Å². The number of piperidine rings is 1. The molecule has 1 unspecified atom stereocenters. The van der Waals surface area contributed by atoms with Crippen molar-refractivity contribution in [3.63, 3.8) is 0 Å². The highest BCUT2D eigenvalue weighted by Gasteiger charge is 2.20. The molecule has 2 nitrogen and oxygen atoms in total. The van der Waals surface area contributed by atoms with E-state index in [4.69, 9.17) is 0 Å². The number of likely N-dealkylation sites (tertiary alicyclic amines) is 1. The summed E-state index contributed by atoms with van der Waals surface area (Å²) >= 11 is 3.49. The van der Waals surface area contributed by atoms with Gasteiger partial charge in [-0.25, -0.2) is 0 Å². The van der Waals surface area contributed by atoms with Gasteiger partial charge in [-0.3, -0.25) is 0 Å². The number of unbranched alkanes of at least 4 members (excludes halogenated alkanes) is 6. The lowest BCUT2D eigenvalue weighted by molar-refractivity contribution is 0.131. The zero-order valence-corrected chi connectivity index (χ0v) is 14.6. The summed E-state index contributed by atoms with van der Waals surface area (Å²) in [5, 5.41) is 1.18. The van der Waals surface area contributed by atoms with Gasteiger partial charge in [0.25, 0.3) is 0 Å². The van der Waals surface area contributed by atoms with Crippen molar-refractivity contribution in [3.05, 3.63) is 0 Å². The quantitative estimate of drug-likeness (QED) is 0.438. The van der Waals surface area contributed by atoms with Gasteiger partial charge in [-0.15, -0.1) is 0 Å². The first-order valence-electron chi connectivity index (χ1n) is 8.19. The van der Waals surface area contributed by atoms with Crippen molar-refractivity contribution >= 4 is 15.9 Å². The number of hydrogen-bond acceptors (Lipinski definition) is 2. The van der Waals surface area contributed by atoms with Gasteiger partial charge in [0, 0.05) is 17.9 Å². The maximum atomic E-state index is 3.49. The maximum Gasteiger partial charge on any atom is 0.0217 e. The van der Waals surface area contributed by atoms with E-state index in [1.54, 1.807) is 0 Å². The Hall–Kier alpha value is 0.400. The van der Waals surface area contributed by atoms with E-state index < -0.39 is 0 Å². The number of nitrogens with zero attached hydrogens (tertiary/aromatic N) is 2. The van der Waals surface area contributed by atoms with Crippen LogP contribution < -0.4 is 0 Å². The van der Waals surface area contributed by atoms with Crippen LogP contribution in [0, 0.1) is 0 Å². The smallest absolute Gasteiger partial charge is 0.0217 e. The molecule has 0 amide bonds. The van der Waals surface area contributed by atoms with Crippen LogP contribution >= 0.6 is 15.9 Å². The molecule has 0 aliphatic carbocycles. The van der Waals surface area contributed by atoms with Crippen molar-refractivity contribution in [1.29, 1.82) is 0 Å². The second-order valence-electron chi connectivity index (χ2n) is 6.22. The molecule has 1 aliphatic heterocycles. The summed E-state index contributed by atoms with van der Waals surface area (Å²) in [4.78, 5) is 5.08. The number of hydrogen-bond donors (Lipinski definition) is 0. The molecular formula is C16H33BrN2. The van der Waals surface area contributed by atoms with Crippen molar-refractivity contribution in [1.82, 2.24) is 9.80 Å². The molecular weight excluding hydrogens is 300 g/mol. The van der Waals surface area contributed by atoms with Gasteiger partial charge in [0.2, 0.25) is 0 Å². The highest BCUT2D eigenvalue weighted by atomic mass is 79.9. The van der Waals surface area contributed by atoms with Crippen molar-refractivity contribution in [2.75, 3.05) is 39.1 Å². The summed E-state index contributed by atoms with van der Waals surface area (Å²) in [6, 6.07) is 0.790. The molecule has 1 aliphatic rings. The average Bonchev–Trinajstić information content (AvgIpc) is 2.42. The largest absolute Gasteiger partial charge is 0.305 e. The molecule has 0 saturated carbocycles. The summed E-state index contributed by atoms with van der Waals surface area (Å²) < 4.78 is 0. The molecule has 114 valence electrons. The second-order valence-corrected chi connectivity index (χ2v) is 7.02. The number of alkyl halides is 1. The Bertz CT molecular complexity index is 209. The summed E-state index contributed by atoms with van der Waals surface area (Å²) in [6.45, 7) is 3.94. The first kappa shape index (κ1) is 17.5. The second kappa shape index (κ2) is 11.1. The topological polar surface area (TPSA) is 6.48 Å². The van der Waals surface area contributed by atoms with Gasteiger partial charge in [-0.1, -0.05) is 48.0 Å².